The lowest BCUT2D eigenvalue weighted by Crippen LogP contribution is -2.56. The SMILES string of the molecule is CC[C@@H](O)[C@H](C)C=C[C@@H](O)[C@H](C)C[C@H](C)[C@H](O[C@@H]1O[C@H](C)C[C@H](N(C)C)[C@H]1O)[C@@H](C)C(=O)SCCNC(C)=O. The van der Waals surface area contributed by atoms with Gasteiger partial charge in [0.2, 0.25) is 5.91 Å². The minimum absolute atomic E-state index is 0.0600. The van der Waals surface area contributed by atoms with Crippen molar-refractivity contribution in [3.05, 3.63) is 12.2 Å². The van der Waals surface area contributed by atoms with Crippen LogP contribution in [-0.2, 0) is 19.1 Å². The Hall–Kier alpha value is -1.01. The zero-order valence-electron chi connectivity index (χ0n) is 25.4. The summed E-state index contributed by atoms with van der Waals surface area (Å²) in [5, 5.41) is 34.5. The maximum absolute atomic E-state index is 13.2. The van der Waals surface area contributed by atoms with Crippen LogP contribution in [0.15, 0.2) is 12.2 Å². The summed E-state index contributed by atoms with van der Waals surface area (Å²) in [6.07, 6.45) is 1.86. The molecule has 9 nitrogen and oxygen atoms in total. The molecule has 0 aromatic heterocycles. The monoisotopic (exact) mass is 574 g/mol. The second kappa shape index (κ2) is 17.7. The molecule has 39 heavy (non-hydrogen) atoms. The number of thioether (sulfide) groups is 1. The number of carbonyl (C=O) groups excluding carboxylic acids is 2. The molecule has 10 heteroatoms. The molecule has 4 N–H and O–H groups in total. The van der Waals surface area contributed by atoms with Gasteiger partial charge in [0, 0.05) is 31.2 Å². The number of hydrogen-bond donors (Lipinski definition) is 4. The van der Waals surface area contributed by atoms with Crippen LogP contribution in [0.4, 0.5) is 0 Å². The number of hydrogen-bond acceptors (Lipinski definition) is 9. The molecule has 1 heterocycles. The van der Waals surface area contributed by atoms with Crippen LogP contribution in [0.2, 0.25) is 0 Å². The summed E-state index contributed by atoms with van der Waals surface area (Å²) < 4.78 is 12.4. The van der Waals surface area contributed by atoms with Gasteiger partial charge in [-0.15, -0.1) is 0 Å². The second-order valence-corrected chi connectivity index (χ2v) is 12.6. The van der Waals surface area contributed by atoms with E-state index >= 15 is 0 Å². The van der Waals surface area contributed by atoms with Gasteiger partial charge in [-0.3, -0.25) is 9.59 Å². The highest BCUT2D eigenvalue weighted by Crippen LogP contribution is 2.32. The number of ether oxygens (including phenoxy) is 2. The van der Waals surface area contributed by atoms with Crippen molar-refractivity contribution in [3.63, 3.8) is 0 Å². The molecular formula is C29H54N2O7S. The molecule has 0 bridgehead atoms. The molecule has 0 aliphatic carbocycles. The van der Waals surface area contributed by atoms with Gasteiger partial charge in [0.15, 0.2) is 11.4 Å². The van der Waals surface area contributed by atoms with E-state index in [4.69, 9.17) is 9.47 Å². The van der Waals surface area contributed by atoms with Crippen molar-refractivity contribution < 1.29 is 34.4 Å². The van der Waals surface area contributed by atoms with Crippen molar-refractivity contribution in [3.8, 4) is 0 Å². The number of aliphatic hydroxyl groups is 3. The molecule has 1 fully saturated rings. The molecule has 1 aliphatic heterocycles. The molecular weight excluding hydrogens is 520 g/mol. The smallest absolute Gasteiger partial charge is 0.216 e. The summed E-state index contributed by atoms with van der Waals surface area (Å²) in [5.41, 5.74) is 0. The Bertz CT molecular complexity index is 768. The zero-order valence-corrected chi connectivity index (χ0v) is 26.2. The third kappa shape index (κ3) is 12.2. The lowest BCUT2D eigenvalue weighted by Gasteiger charge is -2.43. The van der Waals surface area contributed by atoms with Gasteiger partial charge < -0.3 is 35.0 Å². The Morgan fingerprint density at radius 3 is 2.36 bits per heavy atom. The first-order valence-electron chi connectivity index (χ1n) is 14.3. The highest BCUT2D eigenvalue weighted by atomic mass is 32.2. The first kappa shape index (κ1) is 36.0. The van der Waals surface area contributed by atoms with Crippen molar-refractivity contribution in [2.45, 2.75) is 111 Å². The fraction of sp³-hybridized carbons (Fsp3) is 0.862. The Morgan fingerprint density at radius 2 is 1.79 bits per heavy atom. The standard InChI is InChI=1S/C29H54N2O7S/c1-10-24(33)17(2)11-12-25(34)18(3)15-19(4)27(21(6)28(36)39-14-13-30-22(7)32)38-29-26(35)23(31(8)9)16-20(5)37-29/h11-12,17-21,23-27,29,33-35H,10,13-16H2,1-9H3,(H,30,32)/t17-,18-,19+,20-,21-,23+,24-,25-,26-,27+,29+/m1/s1. The van der Waals surface area contributed by atoms with E-state index in [1.54, 1.807) is 6.08 Å². The summed E-state index contributed by atoms with van der Waals surface area (Å²) in [4.78, 5) is 26.3. The molecule has 1 aliphatic rings. The van der Waals surface area contributed by atoms with Gasteiger partial charge in [-0.2, -0.15) is 0 Å². The molecule has 0 aromatic rings. The van der Waals surface area contributed by atoms with E-state index in [-0.39, 0.29) is 40.9 Å². The van der Waals surface area contributed by atoms with Gasteiger partial charge in [-0.1, -0.05) is 58.5 Å². The van der Waals surface area contributed by atoms with Crippen molar-refractivity contribution in [1.29, 1.82) is 0 Å². The minimum atomic E-state index is -0.885. The van der Waals surface area contributed by atoms with E-state index in [2.05, 4.69) is 5.32 Å². The average Bonchev–Trinajstić information content (AvgIpc) is 2.87. The third-order valence-corrected chi connectivity index (χ3v) is 8.74. The normalized spacial score (nSPS) is 27.5. The maximum Gasteiger partial charge on any atom is 0.216 e. The van der Waals surface area contributed by atoms with Crippen molar-refractivity contribution in [2.24, 2.45) is 23.7 Å². The first-order valence-corrected chi connectivity index (χ1v) is 15.3. The number of rotatable bonds is 16. The largest absolute Gasteiger partial charge is 0.393 e. The topological polar surface area (TPSA) is 129 Å². The van der Waals surface area contributed by atoms with E-state index in [9.17, 15) is 24.9 Å². The van der Waals surface area contributed by atoms with Crippen LogP contribution in [0.1, 0.15) is 67.7 Å². The summed E-state index contributed by atoms with van der Waals surface area (Å²) in [6.45, 7) is 13.4. The van der Waals surface area contributed by atoms with Crippen molar-refractivity contribution in [1.82, 2.24) is 10.2 Å². The van der Waals surface area contributed by atoms with Gasteiger partial charge in [0.25, 0.3) is 0 Å². The highest BCUT2D eigenvalue weighted by molar-refractivity contribution is 8.13. The van der Waals surface area contributed by atoms with E-state index in [1.807, 2.05) is 66.6 Å². The molecule has 0 unspecified atom stereocenters. The van der Waals surface area contributed by atoms with E-state index < -0.39 is 36.6 Å². The predicted octanol–water partition coefficient (Wildman–Crippen LogP) is 2.82. The first-order chi connectivity index (χ1) is 18.2. The molecule has 0 aromatic carbocycles. The number of nitrogens with zero attached hydrogens (tertiary/aromatic N) is 1. The van der Waals surface area contributed by atoms with Crippen LogP contribution < -0.4 is 5.32 Å². The van der Waals surface area contributed by atoms with E-state index in [0.29, 0.717) is 31.6 Å². The fourth-order valence-corrected chi connectivity index (χ4v) is 5.84. The maximum atomic E-state index is 13.2. The van der Waals surface area contributed by atoms with Gasteiger partial charge in [0.05, 0.1) is 30.3 Å². The predicted molar refractivity (Wildman–Crippen MR) is 156 cm³/mol. The van der Waals surface area contributed by atoms with Crippen LogP contribution in [0.5, 0.6) is 0 Å². The third-order valence-electron chi connectivity index (χ3n) is 7.68. The molecule has 0 radical (unpaired) electrons. The molecule has 228 valence electrons. The summed E-state index contributed by atoms with van der Waals surface area (Å²) >= 11 is 1.15. The Balaban J connectivity index is 3.04. The van der Waals surface area contributed by atoms with E-state index in [1.165, 1.54) is 6.92 Å². The molecule has 1 rings (SSSR count). The molecule has 0 spiro atoms. The summed E-state index contributed by atoms with van der Waals surface area (Å²) in [5.74, 6) is -0.523. The number of aliphatic hydroxyl groups excluding tert-OH is 3. The molecule has 11 atom stereocenters. The van der Waals surface area contributed by atoms with Gasteiger partial charge in [0.1, 0.15) is 6.10 Å². The average molecular weight is 575 g/mol. The van der Waals surface area contributed by atoms with Crippen LogP contribution in [-0.4, -0.2) is 100 Å². The number of likely N-dealkylation sites (N-methyl/N-ethyl adjacent to an activating group) is 1. The highest BCUT2D eigenvalue weighted by Gasteiger charge is 2.42. The van der Waals surface area contributed by atoms with Crippen LogP contribution in [0, 0.1) is 23.7 Å². The lowest BCUT2D eigenvalue weighted by molar-refractivity contribution is -0.277. The quantitative estimate of drug-likeness (QED) is 0.162. The lowest BCUT2D eigenvalue weighted by atomic mass is 9.84. The van der Waals surface area contributed by atoms with E-state index in [0.717, 1.165) is 11.8 Å². The molecule has 0 saturated carbocycles. The molecule has 1 saturated heterocycles. The summed E-state index contributed by atoms with van der Waals surface area (Å²) in [6, 6.07) is -0.140. The zero-order chi connectivity index (χ0) is 29.9. The number of amides is 1. The fourth-order valence-electron chi connectivity index (χ4n) is 5.04. The van der Waals surface area contributed by atoms with Crippen molar-refractivity contribution in [2.75, 3.05) is 26.4 Å². The Kier molecular flexibility index (Phi) is 16.4. The Labute approximate surface area is 240 Å². The number of nitrogens with one attached hydrogen (secondary N) is 1. The van der Waals surface area contributed by atoms with Crippen LogP contribution in [0.25, 0.3) is 0 Å². The number of carbonyl (C=O) groups is 2. The molecule has 1 amide bonds. The Morgan fingerprint density at radius 1 is 1.15 bits per heavy atom. The van der Waals surface area contributed by atoms with Gasteiger partial charge in [-0.05, 0) is 52.1 Å². The summed E-state index contributed by atoms with van der Waals surface area (Å²) in [7, 11) is 3.83. The minimum Gasteiger partial charge on any atom is -0.393 e. The van der Waals surface area contributed by atoms with Crippen LogP contribution in [0.3, 0.4) is 0 Å². The van der Waals surface area contributed by atoms with Gasteiger partial charge >= 0.3 is 0 Å². The van der Waals surface area contributed by atoms with Crippen LogP contribution >= 0.6 is 11.8 Å². The second-order valence-electron chi connectivity index (χ2n) is 11.5. The van der Waals surface area contributed by atoms with Crippen molar-refractivity contribution >= 4 is 22.8 Å². The van der Waals surface area contributed by atoms with Gasteiger partial charge in [-0.25, -0.2) is 0 Å².